The molecule has 2 rings (SSSR count). The third-order valence-corrected chi connectivity index (χ3v) is 4.55. The number of nitrogens with two attached hydrogens (primary N) is 1. The van der Waals surface area contributed by atoms with Crippen LogP contribution in [0.3, 0.4) is 0 Å². The van der Waals surface area contributed by atoms with Crippen LogP contribution in [0.4, 0.5) is 4.39 Å². The predicted octanol–water partition coefficient (Wildman–Crippen LogP) is 2.17. The number of piperidine rings is 1. The van der Waals surface area contributed by atoms with Gasteiger partial charge in [0.15, 0.2) is 5.96 Å². The number of nitrogens with one attached hydrogen (secondary N) is 1. The molecule has 0 saturated carbocycles. The number of halogens is 1. The van der Waals surface area contributed by atoms with Gasteiger partial charge in [-0.15, -0.1) is 0 Å². The lowest BCUT2D eigenvalue weighted by Gasteiger charge is -2.33. The first-order valence-corrected chi connectivity index (χ1v) is 9.06. The number of nitrogens with zero attached hydrogens (tertiary/aromatic N) is 2. The molecule has 1 saturated heterocycles. The molecule has 1 aliphatic rings. The summed E-state index contributed by atoms with van der Waals surface area (Å²) < 4.78 is 13.0. The Hall–Kier alpha value is -2.11. The van der Waals surface area contributed by atoms with E-state index in [9.17, 15) is 9.18 Å². The number of carbonyl (C=O) groups excluding carboxylic acids is 1. The zero-order chi connectivity index (χ0) is 18.2. The number of aliphatic imine (C=N–C) groups is 1. The quantitative estimate of drug-likeness (QED) is 0.611. The van der Waals surface area contributed by atoms with Crippen LogP contribution in [0.15, 0.2) is 29.3 Å². The Bertz CT molecular complexity index is 588. The maximum Gasteiger partial charge on any atom is 0.222 e. The Morgan fingerprint density at radius 2 is 2.16 bits per heavy atom. The van der Waals surface area contributed by atoms with Crippen molar-refractivity contribution in [1.82, 2.24) is 10.2 Å². The zero-order valence-electron chi connectivity index (χ0n) is 15.2. The van der Waals surface area contributed by atoms with Crippen LogP contribution in [0.5, 0.6) is 0 Å². The Labute approximate surface area is 149 Å². The van der Waals surface area contributed by atoms with E-state index < -0.39 is 5.92 Å². The maximum atomic E-state index is 13.0. The molecule has 0 aromatic heterocycles. The molecule has 0 aliphatic carbocycles. The number of likely N-dealkylation sites (tertiary alicyclic amines) is 1. The van der Waals surface area contributed by atoms with E-state index in [1.165, 1.54) is 18.6 Å². The molecule has 0 bridgehead atoms. The summed E-state index contributed by atoms with van der Waals surface area (Å²) in [7, 11) is 0. The fourth-order valence-corrected chi connectivity index (χ4v) is 3.16. The van der Waals surface area contributed by atoms with Crippen LogP contribution in [-0.4, -0.2) is 42.9 Å². The number of rotatable bonds is 6. The maximum absolute atomic E-state index is 13.0. The van der Waals surface area contributed by atoms with E-state index in [1.54, 1.807) is 12.1 Å². The average Bonchev–Trinajstić information content (AvgIpc) is 2.58. The summed E-state index contributed by atoms with van der Waals surface area (Å²) in [6.07, 6.45) is 2.86. The second-order valence-electron chi connectivity index (χ2n) is 6.82. The number of guanidine groups is 1. The number of benzene rings is 1. The molecule has 0 radical (unpaired) electrons. The van der Waals surface area contributed by atoms with Crippen LogP contribution >= 0.6 is 0 Å². The highest BCUT2D eigenvalue weighted by atomic mass is 19.1. The van der Waals surface area contributed by atoms with Gasteiger partial charge in [-0.25, -0.2) is 4.39 Å². The van der Waals surface area contributed by atoms with Crippen molar-refractivity contribution in [3.63, 3.8) is 0 Å². The Morgan fingerprint density at radius 3 is 2.76 bits per heavy atom. The first-order valence-electron chi connectivity index (χ1n) is 9.06. The molecule has 3 N–H and O–H groups in total. The van der Waals surface area contributed by atoms with Crippen molar-refractivity contribution in [3.05, 3.63) is 35.6 Å². The van der Waals surface area contributed by atoms with Gasteiger partial charge in [0, 0.05) is 19.6 Å². The first kappa shape index (κ1) is 19.2. The summed E-state index contributed by atoms with van der Waals surface area (Å²) in [5.41, 5.74) is 6.44. The standard InChI is InChI=1S/C19H29FN4O/c1-3-22-19(24-10-4-5-14(2)13-24)23-12-16(18(21)25)11-15-6-8-17(20)9-7-15/h6-9,14,16H,3-5,10-13H2,1-2H3,(H2,21,25)(H,22,23). The fraction of sp³-hybridized carbons (Fsp3) is 0.579. The van der Waals surface area contributed by atoms with Crippen molar-refractivity contribution in [2.75, 3.05) is 26.2 Å². The van der Waals surface area contributed by atoms with Gasteiger partial charge >= 0.3 is 0 Å². The molecule has 1 aromatic rings. The summed E-state index contributed by atoms with van der Waals surface area (Å²) in [5.74, 6) is 0.423. The largest absolute Gasteiger partial charge is 0.369 e. The van der Waals surface area contributed by atoms with E-state index >= 15 is 0 Å². The summed E-state index contributed by atoms with van der Waals surface area (Å²) in [4.78, 5) is 18.7. The van der Waals surface area contributed by atoms with Crippen molar-refractivity contribution in [2.24, 2.45) is 22.6 Å². The monoisotopic (exact) mass is 348 g/mol. The molecule has 1 aliphatic heterocycles. The van der Waals surface area contributed by atoms with Crippen LogP contribution in [0, 0.1) is 17.7 Å². The Balaban J connectivity index is 2.05. The highest BCUT2D eigenvalue weighted by Crippen LogP contribution is 2.16. The minimum absolute atomic E-state index is 0.286. The lowest BCUT2D eigenvalue weighted by Crippen LogP contribution is -2.46. The Morgan fingerprint density at radius 1 is 1.44 bits per heavy atom. The van der Waals surface area contributed by atoms with Crippen LogP contribution in [-0.2, 0) is 11.2 Å². The first-order chi connectivity index (χ1) is 12.0. The van der Waals surface area contributed by atoms with Gasteiger partial charge in [0.25, 0.3) is 0 Å². The topological polar surface area (TPSA) is 70.7 Å². The smallest absolute Gasteiger partial charge is 0.222 e. The van der Waals surface area contributed by atoms with Crippen LogP contribution < -0.4 is 11.1 Å². The van der Waals surface area contributed by atoms with Crippen molar-refractivity contribution in [2.45, 2.75) is 33.1 Å². The third kappa shape index (κ3) is 6.03. The van der Waals surface area contributed by atoms with Gasteiger partial charge < -0.3 is 16.0 Å². The van der Waals surface area contributed by atoms with Crippen LogP contribution in [0.25, 0.3) is 0 Å². The minimum Gasteiger partial charge on any atom is -0.369 e. The lowest BCUT2D eigenvalue weighted by atomic mass is 9.98. The van der Waals surface area contributed by atoms with Crippen molar-refractivity contribution >= 4 is 11.9 Å². The molecule has 2 atom stereocenters. The lowest BCUT2D eigenvalue weighted by molar-refractivity contribution is -0.121. The summed E-state index contributed by atoms with van der Waals surface area (Å²) >= 11 is 0. The molecule has 25 heavy (non-hydrogen) atoms. The van der Waals surface area contributed by atoms with E-state index in [2.05, 4.69) is 22.1 Å². The number of primary amides is 1. The van der Waals surface area contributed by atoms with E-state index in [0.717, 1.165) is 37.6 Å². The van der Waals surface area contributed by atoms with Gasteiger partial charge in [-0.3, -0.25) is 9.79 Å². The predicted molar refractivity (Wildman–Crippen MR) is 98.7 cm³/mol. The summed E-state index contributed by atoms with van der Waals surface area (Å²) in [6.45, 7) is 7.35. The zero-order valence-corrected chi connectivity index (χ0v) is 15.2. The van der Waals surface area contributed by atoms with Gasteiger partial charge in [0.1, 0.15) is 5.82 Å². The molecular weight excluding hydrogens is 319 g/mol. The molecule has 0 spiro atoms. The van der Waals surface area contributed by atoms with E-state index in [0.29, 0.717) is 18.9 Å². The van der Waals surface area contributed by atoms with Gasteiger partial charge in [-0.1, -0.05) is 19.1 Å². The molecule has 5 nitrogen and oxygen atoms in total. The summed E-state index contributed by atoms with van der Waals surface area (Å²) in [6, 6.07) is 6.17. The second-order valence-corrected chi connectivity index (χ2v) is 6.82. The van der Waals surface area contributed by atoms with Gasteiger partial charge in [0.2, 0.25) is 5.91 Å². The van der Waals surface area contributed by atoms with E-state index in [1.807, 2.05) is 6.92 Å². The molecule has 138 valence electrons. The molecule has 1 amide bonds. The fourth-order valence-electron chi connectivity index (χ4n) is 3.16. The van der Waals surface area contributed by atoms with E-state index in [4.69, 9.17) is 5.73 Å². The molecule has 6 heteroatoms. The molecule has 1 aromatic carbocycles. The normalized spacial score (nSPS) is 19.6. The minimum atomic E-state index is -0.402. The number of amides is 1. The van der Waals surface area contributed by atoms with Crippen molar-refractivity contribution in [1.29, 1.82) is 0 Å². The van der Waals surface area contributed by atoms with Crippen LogP contribution in [0.1, 0.15) is 32.3 Å². The molecule has 1 heterocycles. The van der Waals surface area contributed by atoms with Crippen LogP contribution in [0.2, 0.25) is 0 Å². The SMILES string of the molecule is CCNC(=NCC(Cc1ccc(F)cc1)C(N)=O)N1CCCC(C)C1. The van der Waals surface area contributed by atoms with Crippen molar-refractivity contribution in [3.8, 4) is 0 Å². The van der Waals surface area contributed by atoms with Gasteiger partial charge in [-0.05, 0) is 49.8 Å². The molecule has 1 fully saturated rings. The second kappa shape index (κ2) is 9.39. The van der Waals surface area contributed by atoms with Gasteiger partial charge in [0.05, 0.1) is 12.5 Å². The highest BCUT2D eigenvalue weighted by Gasteiger charge is 2.21. The third-order valence-electron chi connectivity index (χ3n) is 4.55. The molecular formula is C19H29FN4O. The average molecular weight is 348 g/mol. The van der Waals surface area contributed by atoms with E-state index in [-0.39, 0.29) is 11.7 Å². The number of hydrogen-bond acceptors (Lipinski definition) is 2. The summed E-state index contributed by atoms with van der Waals surface area (Å²) in [5, 5.41) is 3.31. The number of carbonyl (C=O) groups is 1. The Kier molecular flexibility index (Phi) is 7.22. The van der Waals surface area contributed by atoms with Crippen molar-refractivity contribution < 1.29 is 9.18 Å². The molecule has 2 unspecified atom stereocenters. The highest BCUT2D eigenvalue weighted by molar-refractivity contribution is 5.81. The van der Waals surface area contributed by atoms with Gasteiger partial charge in [-0.2, -0.15) is 0 Å². The number of hydrogen-bond donors (Lipinski definition) is 2.